The van der Waals surface area contributed by atoms with E-state index >= 15 is 0 Å². The van der Waals surface area contributed by atoms with E-state index in [2.05, 4.69) is 5.32 Å². The Bertz CT molecular complexity index is 514. The van der Waals surface area contributed by atoms with Crippen molar-refractivity contribution < 1.29 is 23.8 Å². The average molecular weight is 297 g/mol. The van der Waals surface area contributed by atoms with Gasteiger partial charge in [0.25, 0.3) is 5.91 Å². The summed E-state index contributed by atoms with van der Waals surface area (Å²) in [6, 6.07) is 3.73. The molecule has 0 aromatic heterocycles. The van der Waals surface area contributed by atoms with Crippen LogP contribution in [0, 0.1) is 5.82 Å². The minimum absolute atomic E-state index is 0.0370. The zero-order chi connectivity index (χ0) is 16.0. The Hall–Kier alpha value is -2.11. The van der Waals surface area contributed by atoms with E-state index in [1.54, 1.807) is 0 Å². The van der Waals surface area contributed by atoms with Gasteiger partial charge in [-0.2, -0.15) is 0 Å². The Balaban J connectivity index is 2.84. The molecule has 5 nitrogen and oxygen atoms in total. The fraction of sp³-hybridized carbons (Fsp3) is 0.467. The Morgan fingerprint density at radius 2 is 1.95 bits per heavy atom. The Morgan fingerprint density at radius 3 is 2.48 bits per heavy atom. The van der Waals surface area contributed by atoms with E-state index in [0.29, 0.717) is 0 Å². The van der Waals surface area contributed by atoms with Crippen LogP contribution in [0.1, 0.15) is 44.0 Å². The maximum Gasteiger partial charge on any atom is 0.342 e. The first-order valence-corrected chi connectivity index (χ1v) is 6.89. The molecule has 1 unspecified atom stereocenters. The van der Waals surface area contributed by atoms with E-state index in [-0.39, 0.29) is 17.7 Å². The summed E-state index contributed by atoms with van der Waals surface area (Å²) in [5.41, 5.74) is -0.570. The number of benzene rings is 1. The molecule has 0 fully saturated rings. The molecule has 0 heterocycles. The van der Waals surface area contributed by atoms with Crippen LogP contribution in [-0.2, 0) is 4.79 Å². The first kappa shape index (κ1) is 16.9. The summed E-state index contributed by atoms with van der Waals surface area (Å²) >= 11 is 0. The second-order valence-corrected chi connectivity index (χ2v) is 4.70. The normalized spacial score (nSPS) is 12.0. The van der Waals surface area contributed by atoms with Crippen LogP contribution >= 0.6 is 0 Å². The van der Waals surface area contributed by atoms with Crippen molar-refractivity contribution in [2.24, 2.45) is 0 Å². The van der Waals surface area contributed by atoms with E-state index in [1.165, 1.54) is 19.1 Å². The predicted molar refractivity (Wildman–Crippen MR) is 76.0 cm³/mol. The minimum Gasteiger partial charge on any atom is -0.480 e. The number of carbonyl (C=O) groups is 2. The van der Waals surface area contributed by atoms with Gasteiger partial charge in [0.15, 0.2) is 6.10 Å². The third-order valence-corrected chi connectivity index (χ3v) is 3.19. The smallest absolute Gasteiger partial charge is 0.342 e. The van der Waals surface area contributed by atoms with Crippen molar-refractivity contribution in [3.8, 4) is 5.75 Å². The first-order chi connectivity index (χ1) is 9.90. The standard InChI is InChI=1S/C15H20FNO4/c1-4-10(5-2)17-14(18)9(3)21-12-8-6-7-11(16)13(12)15(19)20/h6-10H,4-5H2,1-3H3,(H,17,18)(H,19,20). The molecule has 0 saturated carbocycles. The van der Waals surface area contributed by atoms with Gasteiger partial charge in [-0.1, -0.05) is 19.9 Å². The highest BCUT2D eigenvalue weighted by Gasteiger charge is 2.22. The molecule has 1 rings (SSSR count). The van der Waals surface area contributed by atoms with Gasteiger partial charge < -0.3 is 15.2 Å². The van der Waals surface area contributed by atoms with E-state index in [9.17, 15) is 14.0 Å². The van der Waals surface area contributed by atoms with E-state index in [1.807, 2.05) is 13.8 Å². The molecule has 2 N–H and O–H groups in total. The summed E-state index contributed by atoms with van der Waals surface area (Å²) in [7, 11) is 0. The highest BCUT2D eigenvalue weighted by atomic mass is 19.1. The lowest BCUT2D eigenvalue weighted by Gasteiger charge is -2.20. The zero-order valence-electron chi connectivity index (χ0n) is 12.4. The number of carbonyl (C=O) groups excluding carboxylic acids is 1. The minimum atomic E-state index is -1.43. The number of aromatic carboxylic acids is 1. The number of halogens is 1. The first-order valence-electron chi connectivity index (χ1n) is 6.89. The van der Waals surface area contributed by atoms with Gasteiger partial charge in [-0.25, -0.2) is 9.18 Å². The molecule has 0 radical (unpaired) electrons. The summed E-state index contributed by atoms with van der Waals surface area (Å²) in [6.45, 7) is 5.40. The third kappa shape index (κ3) is 4.44. The van der Waals surface area contributed by atoms with Crippen molar-refractivity contribution in [3.63, 3.8) is 0 Å². The topological polar surface area (TPSA) is 75.6 Å². The van der Waals surface area contributed by atoms with Gasteiger partial charge in [-0.3, -0.25) is 4.79 Å². The number of amides is 1. The molecule has 0 aliphatic rings. The van der Waals surface area contributed by atoms with Gasteiger partial charge in [0.1, 0.15) is 17.1 Å². The van der Waals surface area contributed by atoms with Crippen LogP contribution in [0.3, 0.4) is 0 Å². The summed E-state index contributed by atoms with van der Waals surface area (Å²) in [5, 5.41) is 11.8. The second-order valence-electron chi connectivity index (χ2n) is 4.70. The second kappa shape index (κ2) is 7.61. The van der Waals surface area contributed by atoms with Crippen molar-refractivity contribution in [3.05, 3.63) is 29.6 Å². The molecule has 1 amide bonds. The van der Waals surface area contributed by atoms with Crippen LogP contribution in [0.2, 0.25) is 0 Å². The number of hydrogen-bond donors (Lipinski definition) is 2. The van der Waals surface area contributed by atoms with Gasteiger partial charge in [0, 0.05) is 6.04 Å². The van der Waals surface area contributed by atoms with Crippen LogP contribution in [0.4, 0.5) is 4.39 Å². The molecule has 1 aromatic rings. The van der Waals surface area contributed by atoms with E-state index in [4.69, 9.17) is 9.84 Å². The van der Waals surface area contributed by atoms with Crippen LogP contribution in [0.25, 0.3) is 0 Å². The van der Waals surface area contributed by atoms with Gasteiger partial charge in [0.05, 0.1) is 0 Å². The molecular formula is C15H20FNO4. The molecule has 0 spiro atoms. The number of hydrogen-bond acceptors (Lipinski definition) is 3. The summed E-state index contributed by atoms with van der Waals surface area (Å²) < 4.78 is 18.8. The van der Waals surface area contributed by atoms with Gasteiger partial charge >= 0.3 is 5.97 Å². The molecule has 0 aliphatic carbocycles. The lowest BCUT2D eigenvalue weighted by molar-refractivity contribution is -0.128. The van der Waals surface area contributed by atoms with Crippen LogP contribution in [-0.4, -0.2) is 29.1 Å². The Kier molecular flexibility index (Phi) is 6.14. The summed E-state index contributed by atoms with van der Waals surface area (Å²) in [5.74, 6) is -2.85. The fourth-order valence-electron chi connectivity index (χ4n) is 1.87. The molecule has 1 atom stereocenters. The summed E-state index contributed by atoms with van der Waals surface area (Å²) in [6.07, 6.45) is 0.662. The summed E-state index contributed by atoms with van der Waals surface area (Å²) in [4.78, 5) is 23.0. The quantitative estimate of drug-likeness (QED) is 0.811. The number of ether oxygens (including phenoxy) is 1. The Labute approximate surface area is 123 Å². The third-order valence-electron chi connectivity index (χ3n) is 3.19. The van der Waals surface area contributed by atoms with Crippen molar-refractivity contribution in [1.29, 1.82) is 0 Å². The van der Waals surface area contributed by atoms with Gasteiger partial charge in [0.2, 0.25) is 0 Å². The molecule has 6 heteroatoms. The van der Waals surface area contributed by atoms with E-state index < -0.39 is 23.5 Å². The highest BCUT2D eigenvalue weighted by Crippen LogP contribution is 2.22. The van der Waals surface area contributed by atoms with Crippen LogP contribution in [0.5, 0.6) is 5.75 Å². The average Bonchev–Trinajstić information content (AvgIpc) is 2.43. The molecular weight excluding hydrogens is 277 g/mol. The van der Waals surface area contributed by atoms with Crippen molar-refractivity contribution in [2.75, 3.05) is 0 Å². The van der Waals surface area contributed by atoms with Crippen molar-refractivity contribution in [1.82, 2.24) is 5.32 Å². The monoisotopic (exact) mass is 297 g/mol. The van der Waals surface area contributed by atoms with Crippen LogP contribution < -0.4 is 10.1 Å². The molecule has 116 valence electrons. The number of carboxylic acid groups (broad SMARTS) is 1. The van der Waals surface area contributed by atoms with Gasteiger partial charge in [-0.05, 0) is 31.9 Å². The fourth-order valence-corrected chi connectivity index (χ4v) is 1.87. The van der Waals surface area contributed by atoms with Gasteiger partial charge in [-0.15, -0.1) is 0 Å². The molecule has 1 aromatic carbocycles. The Morgan fingerprint density at radius 1 is 1.33 bits per heavy atom. The molecule has 0 saturated heterocycles. The molecule has 0 bridgehead atoms. The number of rotatable bonds is 7. The maximum atomic E-state index is 13.5. The van der Waals surface area contributed by atoms with Crippen molar-refractivity contribution >= 4 is 11.9 Å². The van der Waals surface area contributed by atoms with E-state index in [0.717, 1.165) is 18.9 Å². The number of carboxylic acids is 1. The lowest BCUT2D eigenvalue weighted by Crippen LogP contribution is -2.42. The van der Waals surface area contributed by atoms with Crippen LogP contribution in [0.15, 0.2) is 18.2 Å². The van der Waals surface area contributed by atoms with Crippen molar-refractivity contribution in [2.45, 2.75) is 45.8 Å². The predicted octanol–water partition coefficient (Wildman–Crippen LogP) is 2.60. The molecule has 0 aliphatic heterocycles. The number of nitrogens with one attached hydrogen (secondary N) is 1. The largest absolute Gasteiger partial charge is 0.480 e. The maximum absolute atomic E-state index is 13.5. The SMILES string of the molecule is CCC(CC)NC(=O)C(C)Oc1cccc(F)c1C(=O)O. The lowest BCUT2D eigenvalue weighted by atomic mass is 10.1. The zero-order valence-corrected chi connectivity index (χ0v) is 12.4. The highest BCUT2D eigenvalue weighted by molar-refractivity contribution is 5.91. The molecule has 21 heavy (non-hydrogen) atoms.